The zero-order chi connectivity index (χ0) is 10.3. The highest BCUT2D eigenvalue weighted by Crippen LogP contribution is 2.37. The molecule has 1 unspecified atom stereocenters. The van der Waals surface area contributed by atoms with Crippen LogP contribution in [0, 0.1) is 0 Å². The third-order valence-corrected chi connectivity index (χ3v) is 3.01. The number of fused-ring (bicyclic) bond motifs is 1. The van der Waals surface area contributed by atoms with Gasteiger partial charge in [-0.25, -0.2) is 4.79 Å². The molecule has 14 heavy (non-hydrogen) atoms. The molecule has 0 bridgehead atoms. The first-order chi connectivity index (χ1) is 6.54. The summed E-state index contributed by atoms with van der Waals surface area (Å²) in [5.41, 5.74) is 5.17. The zero-order valence-electron chi connectivity index (χ0n) is 7.42. The molecule has 3 N–H and O–H groups in total. The lowest BCUT2D eigenvalue weighted by Gasteiger charge is -2.28. The average Bonchev–Trinajstić information content (AvgIpc) is 2.47. The highest BCUT2D eigenvalue weighted by atomic mass is 79.9. The molecule has 0 saturated heterocycles. The predicted octanol–water partition coefficient (Wildman–Crippen LogP) is 1.62. The second kappa shape index (κ2) is 3.10. The fourth-order valence-corrected chi connectivity index (χ4v) is 2.27. The molecule has 5 heteroatoms. The molecule has 0 amide bonds. The number of hydrogen-bond acceptors (Lipinski definition) is 3. The first-order valence-corrected chi connectivity index (χ1v) is 5.14. The van der Waals surface area contributed by atoms with E-state index in [1.54, 1.807) is 6.07 Å². The quantitative estimate of drug-likeness (QED) is 0.804. The molecular formula is C9H10BrNO3. The molecule has 0 spiro atoms. The Bertz CT molecular complexity index is 387. The van der Waals surface area contributed by atoms with Crippen molar-refractivity contribution in [1.29, 1.82) is 0 Å². The van der Waals surface area contributed by atoms with Gasteiger partial charge in [0, 0.05) is 12.0 Å². The molecule has 0 aromatic carbocycles. The van der Waals surface area contributed by atoms with E-state index in [0.29, 0.717) is 22.4 Å². The van der Waals surface area contributed by atoms with Crippen LogP contribution in [0.25, 0.3) is 0 Å². The van der Waals surface area contributed by atoms with Crippen molar-refractivity contribution in [2.75, 3.05) is 0 Å². The summed E-state index contributed by atoms with van der Waals surface area (Å²) >= 11 is 3.18. The Morgan fingerprint density at radius 2 is 2.43 bits per heavy atom. The van der Waals surface area contributed by atoms with E-state index in [1.807, 2.05) is 0 Å². The number of aryl methyl sites for hydroxylation is 1. The van der Waals surface area contributed by atoms with Gasteiger partial charge in [0.25, 0.3) is 0 Å². The number of furan rings is 1. The van der Waals surface area contributed by atoms with Crippen molar-refractivity contribution in [3.8, 4) is 0 Å². The predicted molar refractivity (Wildman–Crippen MR) is 52.8 cm³/mol. The molecule has 0 fully saturated rings. The fraction of sp³-hybridized carbons (Fsp3) is 0.444. The van der Waals surface area contributed by atoms with Crippen molar-refractivity contribution in [1.82, 2.24) is 0 Å². The molecule has 1 heterocycles. The van der Waals surface area contributed by atoms with Crippen molar-refractivity contribution in [3.63, 3.8) is 0 Å². The zero-order valence-corrected chi connectivity index (χ0v) is 9.00. The summed E-state index contributed by atoms with van der Waals surface area (Å²) in [6.45, 7) is 0. The van der Waals surface area contributed by atoms with Gasteiger partial charge in [-0.15, -0.1) is 0 Å². The fourth-order valence-electron chi connectivity index (χ4n) is 1.84. The highest BCUT2D eigenvalue weighted by Gasteiger charge is 2.42. The van der Waals surface area contributed by atoms with Gasteiger partial charge < -0.3 is 15.3 Å². The van der Waals surface area contributed by atoms with Gasteiger partial charge in [0.2, 0.25) is 0 Å². The van der Waals surface area contributed by atoms with E-state index in [-0.39, 0.29) is 0 Å². The number of carboxylic acid groups (broad SMARTS) is 1. The molecule has 1 atom stereocenters. The van der Waals surface area contributed by atoms with Crippen molar-refractivity contribution in [2.24, 2.45) is 5.73 Å². The third kappa shape index (κ3) is 1.27. The number of nitrogens with two attached hydrogens (primary N) is 1. The van der Waals surface area contributed by atoms with E-state index in [0.717, 1.165) is 12.8 Å². The lowest BCUT2D eigenvalue weighted by molar-refractivity contribution is -0.144. The maximum atomic E-state index is 11.1. The van der Waals surface area contributed by atoms with Crippen LogP contribution in [0.1, 0.15) is 24.2 Å². The van der Waals surface area contributed by atoms with E-state index in [4.69, 9.17) is 15.3 Å². The Balaban J connectivity index is 2.54. The van der Waals surface area contributed by atoms with Crippen molar-refractivity contribution >= 4 is 21.9 Å². The summed E-state index contributed by atoms with van der Waals surface area (Å²) in [5, 5.41) is 9.07. The summed E-state index contributed by atoms with van der Waals surface area (Å²) < 4.78 is 5.87. The molecule has 1 aromatic rings. The van der Waals surface area contributed by atoms with E-state index >= 15 is 0 Å². The average molecular weight is 260 g/mol. The van der Waals surface area contributed by atoms with Crippen LogP contribution in [-0.2, 0) is 16.8 Å². The van der Waals surface area contributed by atoms with Gasteiger partial charge in [-0.05, 0) is 34.8 Å². The second-order valence-corrected chi connectivity index (χ2v) is 4.30. The molecule has 1 aliphatic rings. The van der Waals surface area contributed by atoms with Crippen LogP contribution in [-0.4, -0.2) is 11.1 Å². The second-order valence-electron chi connectivity index (χ2n) is 3.52. The highest BCUT2D eigenvalue weighted by molar-refractivity contribution is 9.10. The first-order valence-electron chi connectivity index (χ1n) is 4.35. The third-order valence-electron chi connectivity index (χ3n) is 2.62. The number of rotatable bonds is 1. The maximum Gasteiger partial charge on any atom is 0.328 e. The van der Waals surface area contributed by atoms with Crippen molar-refractivity contribution < 1.29 is 14.3 Å². The van der Waals surface area contributed by atoms with Crippen molar-refractivity contribution in [2.45, 2.75) is 24.8 Å². The molecule has 2 rings (SSSR count). The maximum absolute atomic E-state index is 11.1. The standard InChI is InChI=1S/C9H10BrNO3/c10-7-4-5-6(14-7)2-1-3-9(5,11)8(12)13/h4H,1-3,11H2,(H,12,13). The summed E-state index contributed by atoms with van der Waals surface area (Å²) in [4.78, 5) is 11.1. The van der Waals surface area contributed by atoms with Crippen LogP contribution in [0.2, 0.25) is 0 Å². The molecule has 0 saturated carbocycles. The first kappa shape index (κ1) is 9.73. The Kier molecular flexibility index (Phi) is 2.16. The minimum Gasteiger partial charge on any atom is -0.480 e. The van der Waals surface area contributed by atoms with Crippen LogP contribution in [0.3, 0.4) is 0 Å². The largest absolute Gasteiger partial charge is 0.480 e. The SMILES string of the molecule is NC1(C(=O)O)CCCc2oc(Br)cc21. The Morgan fingerprint density at radius 3 is 3.07 bits per heavy atom. The van der Waals surface area contributed by atoms with E-state index in [2.05, 4.69) is 15.9 Å². The minimum atomic E-state index is -1.27. The van der Waals surface area contributed by atoms with Gasteiger partial charge in [-0.2, -0.15) is 0 Å². The van der Waals surface area contributed by atoms with E-state index in [1.165, 1.54) is 0 Å². The van der Waals surface area contributed by atoms with Gasteiger partial charge in [0.05, 0.1) is 0 Å². The molecule has 0 aliphatic heterocycles. The van der Waals surface area contributed by atoms with Gasteiger partial charge in [0.1, 0.15) is 11.3 Å². The summed E-state index contributed by atoms with van der Waals surface area (Å²) in [7, 11) is 0. The van der Waals surface area contributed by atoms with Crippen LogP contribution in [0.5, 0.6) is 0 Å². The Morgan fingerprint density at radius 1 is 1.71 bits per heavy atom. The Labute approximate surface area is 89.2 Å². The molecule has 1 aliphatic carbocycles. The Hall–Kier alpha value is -0.810. The smallest absolute Gasteiger partial charge is 0.328 e. The molecular weight excluding hydrogens is 250 g/mol. The number of aliphatic carboxylic acids is 1. The normalized spacial score (nSPS) is 25.9. The van der Waals surface area contributed by atoms with Crippen LogP contribution in [0.4, 0.5) is 0 Å². The van der Waals surface area contributed by atoms with Crippen LogP contribution in [0.15, 0.2) is 15.2 Å². The summed E-state index contributed by atoms with van der Waals surface area (Å²) in [6.07, 6.45) is 1.96. The lowest BCUT2D eigenvalue weighted by atomic mass is 9.81. The topological polar surface area (TPSA) is 76.5 Å². The number of carbonyl (C=O) groups is 1. The number of hydrogen-bond donors (Lipinski definition) is 2. The molecule has 0 radical (unpaired) electrons. The van der Waals surface area contributed by atoms with Gasteiger partial charge >= 0.3 is 5.97 Å². The van der Waals surface area contributed by atoms with E-state index < -0.39 is 11.5 Å². The lowest BCUT2D eigenvalue weighted by Crippen LogP contribution is -2.46. The van der Waals surface area contributed by atoms with Crippen LogP contribution >= 0.6 is 15.9 Å². The van der Waals surface area contributed by atoms with Crippen LogP contribution < -0.4 is 5.73 Å². The van der Waals surface area contributed by atoms with E-state index in [9.17, 15) is 4.79 Å². The van der Waals surface area contributed by atoms with Gasteiger partial charge in [-0.3, -0.25) is 0 Å². The number of carboxylic acids is 1. The number of halogens is 1. The molecule has 4 nitrogen and oxygen atoms in total. The summed E-state index contributed by atoms with van der Waals surface area (Å²) in [6, 6.07) is 1.66. The molecule has 1 aromatic heterocycles. The summed E-state index contributed by atoms with van der Waals surface area (Å²) in [5.74, 6) is -0.306. The van der Waals surface area contributed by atoms with Gasteiger partial charge in [0.15, 0.2) is 4.67 Å². The molecule has 76 valence electrons. The van der Waals surface area contributed by atoms with Crippen molar-refractivity contribution in [3.05, 3.63) is 22.1 Å². The monoisotopic (exact) mass is 259 g/mol. The minimum absolute atomic E-state index is 0.460. The van der Waals surface area contributed by atoms with Gasteiger partial charge in [-0.1, -0.05) is 0 Å².